The van der Waals surface area contributed by atoms with Gasteiger partial charge in [-0.1, -0.05) is 35.4 Å². The smallest absolute Gasteiger partial charge is 0.296 e. The summed E-state index contributed by atoms with van der Waals surface area (Å²) in [5.74, 6) is 0.0991. The van der Waals surface area contributed by atoms with E-state index in [1.54, 1.807) is 73.2 Å². The molecule has 1 aliphatic heterocycles. The minimum Gasteiger partial charge on any atom is -0.371 e. The third-order valence-electron chi connectivity index (χ3n) is 7.66. The number of fused-ring (bicyclic) bond motifs is 3. The summed E-state index contributed by atoms with van der Waals surface area (Å²) < 4.78 is 58.8. The first-order valence-corrected chi connectivity index (χ1v) is 16.3. The van der Waals surface area contributed by atoms with Crippen molar-refractivity contribution in [2.75, 3.05) is 24.6 Å². The minimum absolute atomic E-state index is 0.0991. The van der Waals surface area contributed by atoms with Crippen LogP contribution < -0.4 is 4.90 Å². The van der Waals surface area contributed by atoms with E-state index in [0.29, 0.717) is 29.6 Å². The number of nitrogens with zero attached hydrogens (tertiary/aromatic N) is 4. The molecule has 0 amide bonds. The Bertz CT molecular complexity index is 1940. The number of aromatic nitrogens is 3. The Labute approximate surface area is 239 Å². The third kappa shape index (κ3) is 5.20. The molecule has 0 saturated carbocycles. The Morgan fingerprint density at radius 3 is 2.12 bits per heavy atom. The molecule has 0 unspecified atom stereocenters. The molecule has 9 nitrogen and oxygen atoms in total. The van der Waals surface area contributed by atoms with E-state index >= 15 is 0 Å². The molecule has 1 aliphatic rings. The van der Waals surface area contributed by atoms with Crippen LogP contribution in [0.5, 0.6) is 0 Å². The molecule has 41 heavy (non-hydrogen) atoms. The van der Waals surface area contributed by atoms with Gasteiger partial charge in [-0.2, -0.15) is 8.42 Å². The number of piperidine rings is 1. The van der Waals surface area contributed by atoms with Crippen molar-refractivity contribution in [3.8, 4) is 0 Å². The SMILES string of the molecule is Cc1ccc(S(=O)(=O)OCC2CCN(c3ccnc4cnc5c(ccn5S(=O)(=O)c5ccc(C)cc5)c34)CC2)cc1. The van der Waals surface area contributed by atoms with Crippen molar-refractivity contribution in [2.24, 2.45) is 5.92 Å². The van der Waals surface area contributed by atoms with Crippen LogP contribution in [0.3, 0.4) is 0 Å². The number of pyridine rings is 2. The van der Waals surface area contributed by atoms with Gasteiger partial charge in [0.25, 0.3) is 20.1 Å². The van der Waals surface area contributed by atoms with E-state index in [1.165, 1.54) is 3.97 Å². The van der Waals surface area contributed by atoms with E-state index in [2.05, 4.69) is 14.9 Å². The van der Waals surface area contributed by atoms with Crippen LogP contribution in [0.25, 0.3) is 21.9 Å². The van der Waals surface area contributed by atoms with Crippen molar-refractivity contribution in [3.05, 3.63) is 90.4 Å². The lowest BCUT2D eigenvalue weighted by atomic mass is 9.97. The molecule has 5 aromatic rings. The molecule has 4 heterocycles. The number of hydrogen-bond acceptors (Lipinski definition) is 8. The lowest BCUT2D eigenvalue weighted by molar-refractivity contribution is 0.228. The molecule has 212 valence electrons. The van der Waals surface area contributed by atoms with Crippen LogP contribution in [-0.2, 0) is 24.3 Å². The third-order valence-corrected chi connectivity index (χ3v) is 10.6. The van der Waals surface area contributed by atoms with Gasteiger partial charge in [0.1, 0.15) is 0 Å². The highest BCUT2D eigenvalue weighted by atomic mass is 32.2. The Hall–Kier alpha value is -3.80. The normalized spacial score (nSPS) is 15.1. The molecule has 0 radical (unpaired) electrons. The summed E-state index contributed by atoms with van der Waals surface area (Å²) in [6.45, 7) is 5.34. The van der Waals surface area contributed by atoms with Gasteiger partial charge in [-0.15, -0.1) is 0 Å². The zero-order chi connectivity index (χ0) is 28.8. The van der Waals surface area contributed by atoms with Gasteiger partial charge in [0.05, 0.1) is 28.1 Å². The summed E-state index contributed by atoms with van der Waals surface area (Å²) in [7, 11) is -7.64. The van der Waals surface area contributed by atoms with Crippen molar-refractivity contribution >= 4 is 47.8 Å². The molecular formula is C30H30N4O5S2. The average molecular weight is 591 g/mol. The van der Waals surface area contributed by atoms with Crippen molar-refractivity contribution in [1.82, 2.24) is 13.9 Å². The fourth-order valence-electron chi connectivity index (χ4n) is 5.27. The fourth-order valence-corrected chi connectivity index (χ4v) is 7.55. The standard InChI is InChI=1S/C30H30N4O5S2/c1-21-3-7-24(8-4-21)40(35,36)34-18-14-26-29-27(19-32-30(26)34)31-15-11-28(29)33-16-12-23(13-17-33)20-39-41(37,38)25-9-5-22(2)6-10-25/h3-11,14-15,18-19,23H,12-13,16-17,20H2,1-2H3. The first-order chi connectivity index (χ1) is 19.6. The van der Waals surface area contributed by atoms with E-state index in [-0.39, 0.29) is 22.3 Å². The van der Waals surface area contributed by atoms with E-state index in [9.17, 15) is 16.8 Å². The Morgan fingerprint density at radius 1 is 0.829 bits per heavy atom. The van der Waals surface area contributed by atoms with E-state index < -0.39 is 20.1 Å². The van der Waals surface area contributed by atoms with Crippen molar-refractivity contribution < 1.29 is 21.0 Å². The van der Waals surface area contributed by atoms with Crippen molar-refractivity contribution in [3.63, 3.8) is 0 Å². The molecule has 1 saturated heterocycles. The zero-order valence-corrected chi connectivity index (χ0v) is 24.4. The van der Waals surface area contributed by atoms with Crippen LogP contribution in [-0.4, -0.2) is 50.5 Å². The highest BCUT2D eigenvalue weighted by Crippen LogP contribution is 2.35. The van der Waals surface area contributed by atoms with Crippen LogP contribution in [0.2, 0.25) is 0 Å². The lowest BCUT2D eigenvalue weighted by Crippen LogP contribution is -2.35. The number of anilines is 1. The monoisotopic (exact) mass is 590 g/mol. The molecule has 0 atom stereocenters. The number of hydrogen-bond donors (Lipinski definition) is 0. The summed E-state index contributed by atoms with van der Waals surface area (Å²) in [6.07, 6.45) is 6.39. The maximum atomic E-state index is 13.5. The fraction of sp³-hybridized carbons (Fsp3) is 0.267. The van der Waals surface area contributed by atoms with Crippen molar-refractivity contribution in [1.29, 1.82) is 0 Å². The molecule has 0 N–H and O–H groups in total. The van der Waals surface area contributed by atoms with E-state index in [1.807, 2.05) is 19.9 Å². The highest BCUT2D eigenvalue weighted by Gasteiger charge is 2.26. The van der Waals surface area contributed by atoms with E-state index in [4.69, 9.17) is 4.18 Å². The number of aryl methyl sites for hydroxylation is 2. The summed E-state index contributed by atoms with van der Waals surface area (Å²) in [6, 6.07) is 17.1. The van der Waals surface area contributed by atoms with Gasteiger partial charge in [0.15, 0.2) is 5.65 Å². The predicted molar refractivity (Wildman–Crippen MR) is 158 cm³/mol. The first kappa shape index (κ1) is 27.4. The zero-order valence-electron chi connectivity index (χ0n) is 22.8. The summed E-state index contributed by atoms with van der Waals surface area (Å²) in [4.78, 5) is 11.6. The van der Waals surface area contributed by atoms with Gasteiger partial charge in [-0.25, -0.2) is 17.4 Å². The summed E-state index contributed by atoms with van der Waals surface area (Å²) in [5, 5.41) is 1.54. The van der Waals surface area contributed by atoms with Gasteiger partial charge >= 0.3 is 0 Å². The van der Waals surface area contributed by atoms with Crippen LogP contribution in [0.1, 0.15) is 24.0 Å². The lowest BCUT2D eigenvalue weighted by Gasteiger charge is -2.34. The molecule has 2 aromatic carbocycles. The van der Waals surface area contributed by atoms with Crippen LogP contribution in [0.15, 0.2) is 89.0 Å². The Balaban J connectivity index is 1.24. The molecule has 6 rings (SSSR count). The molecule has 3 aromatic heterocycles. The summed E-state index contributed by atoms with van der Waals surface area (Å²) in [5.41, 5.74) is 3.92. The molecule has 0 aliphatic carbocycles. The predicted octanol–water partition coefficient (Wildman–Crippen LogP) is 5.06. The van der Waals surface area contributed by atoms with Crippen molar-refractivity contribution in [2.45, 2.75) is 36.5 Å². The second-order valence-corrected chi connectivity index (χ2v) is 13.9. The molecule has 0 bridgehead atoms. The Morgan fingerprint density at radius 2 is 1.46 bits per heavy atom. The number of benzene rings is 2. The molecule has 0 spiro atoms. The first-order valence-electron chi connectivity index (χ1n) is 13.4. The van der Waals surface area contributed by atoms with Gasteiger partial charge in [0.2, 0.25) is 0 Å². The summed E-state index contributed by atoms with van der Waals surface area (Å²) >= 11 is 0. The molecular weight excluding hydrogens is 560 g/mol. The number of rotatable bonds is 7. The topological polar surface area (TPSA) is 111 Å². The van der Waals surface area contributed by atoms with Gasteiger partial charge in [-0.3, -0.25) is 9.17 Å². The second-order valence-electron chi connectivity index (χ2n) is 10.5. The Kier molecular flexibility index (Phi) is 7.04. The molecule has 1 fully saturated rings. The molecule has 11 heteroatoms. The quantitative estimate of drug-likeness (QED) is 0.242. The maximum Gasteiger partial charge on any atom is 0.296 e. The van der Waals surface area contributed by atoms with Gasteiger partial charge in [-0.05, 0) is 69.0 Å². The maximum absolute atomic E-state index is 13.5. The minimum atomic E-state index is -3.84. The second kappa shape index (κ2) is 10.6. The highest BCUT2D eigenvalue weighted by molar-refractivity contribution is 7.90. The average Bonchev–Trinajstić information content (AvgIpc) is 3.42. The largest absolute Gasteiger partial charge is 0.371 e. The van der Waals surface area contributed by atoms with Crippen LogP contribution in [0, 0.1) is 19.8 Å². The van der Waals surface area contributed by atoms with Crippen LogP contribution in [0.4, 0.5) is 5.69 Å². The van der Waals surface area contributed by atoms with Gasteiger partial charge < -0.3 is 4.90 Å². The van der Waals surface area contributed by atoms with Gasteiger partial charge in [0, 0.05) is 41.9 Å². The van der Waals surface area contributed by atoms with E-state index in [0.717, 1.165) is 35.0 Å². The van der Waals surface area contributed by atoms with Crippen LogP contribution >= 0.6 is 0 Å².